The molecule has 2 aliphatic rings. The van der Waals surface area contributed by atoms with Gasteiger partial charge in [-0.1, -0.05) is 122 Å². The summed E-state index contributed by atoms with van der Waals surface area (Å²) >= 11 is 8.24. The molecule has 2 aliphatic heterocycles. The number of nitrogens with zero attached hydrogens (tertiary/aromatic N) is 4. The zero-order chi connectivity index (χ0) is 45.4. The topological polar surface area (TPSA) is 145 Å². The van der Waals surface area contributed by atoms with Gasteiger partial charge in [0.25, 0.3) is 27.5 Å². The van der Waals surface area contributed by atoms with Crippen molar-refractivity contribution in [2.75, 3.05) is 48.7 Å². The van der Waals surface area contributed by atoms with Gasteiger partial charge < -0.3 is 10.2 Å². The Bertz CT molecular complexity index is 2640. The minimum atomic E-state index is -4.59. The first-order valence-corrected chi connectivity index (χ1v) is 24.7. The van der Waals surface area contributed by atoms with Crippen LogP contribution in [0.3, 0.4) is 0 Å². The second kappa shape index (κ2) is 21.0. The molecule has 16 heteroatoms. The van der Waals surface area contributed by atoms with Gasteiger partial charge >= 0.3 is 0 Å². The highest BCUT2D eigenvalue weighted by molar-refractivity contribution is 8.26. The molecule has 12 nitrogen and oxygen atoms in total. The number of thiocarbonyl (C=S) groups is 1. The molecule has 0 aromatic heterocycles. The molecular formula is C48H50N6O6S4. The van der Waals surface area contributed by atoms with Gasteiger partial charge in [0.1, 0.15) is 16.0 Å². The highest BCUT2D eigenvalue weighted by Crippen LogP contribution is 2.36. The number of nitro benzene ring substituents is 1. The number of piperazine rings is 1. The summed E-state index contributed by atoms with van der Waals surface area (Å²) in [6, 6.07) is 37.1. The quantitative estimate of drug-likeness (QED) is 0.0229. The Morgan fingerprint density at radius 1 is 0.922 bits per heavy atom. The number of anilines is 2. The Hall–Kier alpha value is -5.52. The zero-order valence-corrected chi connectivity index (χ0v) is 39.1. The fourth-order valence-electron chi connectivity index (χ4n) is 7.65. The van der Waals surface area contributed by atoms with Crippen LogP contribution in [0.4, 0.5) is 17.1 Å². The number of nitro groups is 1. The van der Waals surface area contributed by atoms with Crippen molar-refractivity contribution >= 4 is 85.0 Å². The number of aryl methyl sites for hydroxylation is 1. The van der Waals surface area contributed by atoms with E-state index in [1.54, 1.807) is 17.8 Å². The molecule has 0 radical (unpaired) electrons. The van der Waals surface area contributed by atoms with Gasteiger partial charge in [-0.25, -0.2) is 13.1 Å². The molecule has 2 saturated heterocycles. The predicted octanol–water partition coefficient (Wildman–Crippen LogP) is 9.22. The van der Waals surface area contributed by atoms with Crippen LogP contribution in [0, 0.1) is 23.0 Å². The number of hydrogen-bond donors (Lipinski definition) is 2. The third kappa shape index (κ3) is 11.6. The average molecular weight is 935 g/mol. The average Bonchev–Trinajstić information content (AvgIpc) is 3.56. The fourth-order valence-corrected chi connectivity index (χ4v) is 10.8. The van der Waals surface area contributed by atoms with E-state index in [9.17, 15) is 28.1 Å². The molecular weight excluding hydrogens is 885 g/mol. The van der Waals surface area contributed by atoms with Crippen molar-refractivity contribution in [2.45, 2.75) is 49.6 Å². The minimum absolute atomic E-state index is 0.117. The summed E-state index contributed by atoms with van der Waals surface area (Å²) in [6.07, 6.45) is 1.84. The van der Waals surface area contributed by atoms with Gasteiger partial charge in [-0.15, -0.1) is 11.8 Å². The van der Waals surface area contributed by atoms with Crippen LogP contribution in [0.5, 0.6) is 0 Å². The predicted molar refractivity (Wildman–Crippen MR) is 263 cm³/mol. The maximum absolute atomic E-state index is 13.9. The van der Waals surface area contributed by atoms with Gasteiger partial charge in [-0.05, 0) is 84.0 Å². The zero-order valence-electron chi connectivity index (χ0n) is 35.8. The molecule has 5 aromatic rings. The summed E-state index contributed by atoms with van der Waals surface area (Å²) in [4.78, 5) is 46.0. The largest absolute Gasteiger partial charge is 0.379 e. The van der Waals surface area contributed by atoms with Crippen LogP contribution >= 0.6 is 35.7 Å². The molecule has 2 amide bonds. The Labute approximate surface area is 388 Å². The summed E-state index contributed by atoms with van der Waals surface area (Å²) in [7, 11) is -4.59. The van der Waals surface area contributed by atoms with E-state index in [1.807, 2.05) is 68.4 Å². The standard InChI is InChI=1S/C48H50N6O6S4/c1-33(2)29-44(46(55)50-64(59,60)40-21-22-42(43(31-40)54(57)58)49-23-28-62-39-10-5-4-6-11-39)53-47(56)45(63-48(53)61)30-35-15-19-38(20-16-35)52-26-24-51(25-27-52)32-37-9-7-8-12-41(37)36-17-13-34(3)14-18-36/h4-22,30-31,33,44,49H,23-29,32H2,1-3H3,(H,50,55)/b45-30-. The Morgan fingerprint density at radius 3 is 2.30 bits per heavy atom. The van der Waals surface area contributed by atoms with Crippen molar-refractivity contribution < 1.29 is 22.9 Å². The van der Waals surface area contributed by atoms with Crippen LogP contribution in [-0.2, 0) is 26.2 Å². The van der Waals surface area contributed by atoms with Gasteiger partial charge in [0, 0.05) is 61.7 Å². The number of carbonyl (C=O) groups is 2. The lowest BCUT2D eigenvalue weighted by atomic mass is 9.98. The van der Waals surface area contributed by atoms with E-state index in [2.05, 4.69) is 75.3 Å². The van der Waals surface area contributed by atoms with Crippen LogP contribution < -0.4 is 14.9 Å². The number of sulfonamides is 1. The summed E-state index contributed by atoms with van der Waals surface area (Å²) in [6.45, 7) is 10.6. The number of carbonyl (C=O) groups excluding carboxylic acids is 2. The van der Waals surface area contributed by atoms with E-state index in [4.69, 9.17) is 12.2 Å². The van der Waals surface area contributed by atoms with Crippen molar-refractivity contribution in [2.24, 2.45) is 5.92 Å². The molecule has 2 N–H and O–H groups in total. The smallest absolute Gasteiger partial charge is 0.293 e. The first-order chi connectivity index (χ1) is 30.8. The molecule has 1 unspecified atom stereocenters. The van der Waals surface area contributed by atoms with Crippen molar-refractivity contribution in [1.29, 1.82) is 0 Å². The summed E-state index contributed by atoms with van der Waals surface area (Å²) < 4.78 is 29.4. The van der Waals surface area contributed by atoms with Crippen LogP contribution in [0.25, 0.3) is 17.2 Å². The SMILES string of the molecule is Cc1ccc(-c2ccccc2CN2CCN(c3ccc(/C=C4\SC(=S)N(C(CC(C)C)C(=O)NS(=O)(=O)c5ccc(NCCSc6ccccc6)c([N+](=O)[O-])c5)C4=O)cc3)CC2)cc1. The third-order valence-electron chi connectivity index (χ3n) is 11.0. The molecule has 0 aliphatic carbocycles. The first-order valence-electron chi connectivity index (χ1n) is 21.0. The molecule has 1 atom stereocenters. The lowest BCUT2D eigenvalue weighted by molar-refractivity contribution is -0.384. The lowest BCUT2D eigenvalue weighted by Crippen LogP contribution is -2.50. The highest BCUT2D eigenvalue weighted by Gasteiger charge is 2.42. The molecule has 332 valence electrons. The second-order valence-corrected chi connectivity index (χ2v) is 20.6. The first kappa shape index (κ1) is 46.5. The number of thioether (sulfide) groups is 2. The number of amides is 2. The van der Waals surface area contributed by atoms with E-state index in [0.717, 1.165) is 66.7 Å². The van der Waals surface area contributed by atoms with Crippen LogP contribution in [0.2, 0.25) is 0 Å². The van der Waals surface area contributed by atoms with E-state index in [0.29, 0.717) is 17.2 Å². The molecule has 0 saturated carbocycles. The lowest BCUT2D eigenvalue weighted by Gasteiger charge is -2.36. The van der Waals surface area contributed by atoms with Crippen LogP contribution in [-0.4, -0.2) is 83.8 Å². The van der Waals surface area contributed by atoms with Crippen LogP contribution in [0.15, 0.2) is 136 Å². The van der Waals surface area contributed by atoms with Crippen molar-refractivity contribution in [1.82, 2.24) is 14.5 Å². The molecule has 7 rings (SSSR count). The normalized spacial score (nSPS) is 15.8. The van der Waals surface area contributed by atoms with Crippen molar-refractivity contribution in [3.05, 3.63) is 153 Å². The van der Waals surface area contributed by atoms with Crippen molar-refractivity contribution in [3.8, 4) is 11.1 Å². The summed E-state index contributed by atoms with van der Waals surface area (Å²) in [5.41, 5.74) is 6.57. The van der Waals surface area contributed by atoms with Gasteiger partial charge in [0.15, 0.2) is 0 Å². The van der Waals surface area contributed by atoms with Gasteiger partial charge in [0.05, 0.1) is 14.7 Å². The number of nitrogens with one attached hydrogen (secondary N) is 2. The number of benzene rings is 5. The maximum atomic E-state index is 13.9. The monoisotopic (exact) mass is 934 g/mol. The molecule has 0 spiro atoms. The van der Waals surface area contributed by atoms with E-state index in [-0.39, 0.29) is 22.3 Å². The second-order valence-electron chi connectivity index (χ2n) is 16.1. The van der Waals surface area contributed by atoms with Gasteiger partial charge in [0.2, 0.25) is 0 Å². The van der Waals surface area contributed by atoms with Crippen molar-refractivity contribution in [3.63, 3.8) is 0 Å². The molecule has 0 bridgehead atoms. The van der Waals surface area contributed by atoms with Gasteiger partial charge in [-0.3, -0.25) is 29.5 Å². The van der Waals surface area contributed by atoms with E-state index in [1.165, 1.54) is 39.3 Å². The number of rotatable bonds is 17. The maximum Gasteiger partial charge on any atom is 0.293 e. The Kier molecular flexibility index (Phi) is 15.2. The summed E-state index contributed by atoms with van der Waals surface area (Å²) in [5.74, 6) is -0.983. The Balaban J connectivity index is 0.968. The van der Waals surface area contributed by atoms with Gasteiger partial charge in [-0.2, -0.15) is 0 Å². The summed E-state index contributed by atoms with van der Waals surface area (Å²) in [5, 5.41) is 15.0. The van der Waals surface area contributed by atoms with Crippen LogP contribution in [0.1, 0.15) is 37.0 Å². The third-order valence-corrected chi connectivity index (χ3v) is 14.7. The molecule has 2 heterocycles. The molecule has 64 heavy (non-hydrogen) atoms. The minimum Gasteiger partial charge on any atom is -0.379 e. The molecule has 2 fully saturated rings. The Morgan fingerprint density at radius 2 is 1.61 bits per heavy atom. The van der Waals surface area contributed by atoms with E-state index >= 15 is 0 Å². The highest BCUT2D eigenvalue weighted by atomic mass is 32.2. The number of hydrogen-bond acceptors (Lipinski definition) is 12. The fraction of sp³-hybridized carbons (Fsp3) is 0.271. The molecule has 5 aromatic carbocycles. The van der Waals surface area contributed by atoms with E-state index < -0.39 is 43.4 Å².